The van der Waals surface area contributed by atoms with Crippen LogP contribution >= 0.6 is 11.6 Å². The Morgan fingerprint density at radius 1 is 1.48 bits per heavy atom. The molecule has 0 saturated carbocycles. The van der Waals surface area contributed by atoms with Crippen LogP contribution in [0.3, 0.4) is 0 Å². The number of benzene rings is 1. The lowest BCUT2D eigenvalue weighted by Crippen LogP contribution is -2.47. The van der Waals surface area contributed by atoms with Gasteiger partial charge in [-0.15, -0.1) is 0 Å². The van der Waals surface area contributed by atoms with E-state index in [2.05, 4.69) is 5.32 Å². The van der Waals surface area contributed by atoms with Crippen LogP contribution in [0.5, 0.6) is 5.75 Å². The number of nitrogens with two attached hydrogens (primary N) is 1. The molecule has 2 fully saturated rings. The molecule has 114 valence electrons. The third kappa shape index (κ3) is 3.12. The van der Waals surface area contributed by atoms with Crippen molar-refractivity contribution in [3.63, 3.8) is 0 Å². The molecule has 2 saturated heterocycles. The summed E-state index contributed by atoms with van der Waals surface area (Å²) in [6.45, 7) is -0.180. The Labute approximate surface area is 126 Å². The third-order valence-corrected chi connectivity index (χ3v) is 4.18. The molecule has 4 atom stereocenters. The summed E-state index contributed by atoms with van der Waals surface area (Å²) in [5, 5.41) is 2.88. The summed E-state index contributed by atoms with van der Waals surface area (Å²) < 4.78 is 24.1. The fraction of sp³-hybridized carbons (Fsp3) is 0.500. The van der Waals surface area contributed by atoms with Gasteiger partial charge in [0, 0.05) is 12.1 Å². The molecule has 1 aromatic carbocycles. The SMILES string of the molecule is N[C@H]1C[C@H]2O[C@@H]1C[C@@H]2NC(=O)COc1ccc(Cl)c(F)c1. The summed E-state index contributed by atoms with van der Waals surface area (Å²) in [5.41, 5.74) is 5.87. The summed E-state index contributed by atoms with van der Waals surface area (Å²) in [4.78, 5) is 11.8. The van der Waals surface area contributed by atoms with E-state index in [0.29, 0.717) is 0 Å². The highest BCUT2D eigenvalue weighted by atomic mass is 35.5. The zero-order valence-electron chi connectivity index (χ0n) is 11.2. The highest BCUT2D eigenvalue weighted by molar-refractivity contribution is 6.30. The third-order valence-electron chi connectivity index (χ3n) is 3.87. The first-order chi connectivity index (χ1) is 10.0. The van der Waals surface area contributed by atoms with Gasteiger partial charge in [-0.3, -0.25) is 4.79 Å². The second kappa shape index (κ2) is 5.79. The van der Waals surface area contributed by atoms with Crippen LogP contribution in [-0.4, -0.2) is 36.8 Å². The number of halogens is 2. The zero-order chi connectivity index (χ0) is 15.0. The molecule has 3 N–H and O–H groups in total. The van der Waals surface area contributed by atoms with Gasteiger partial charge in [0.1, 0.15) is 11.6 Å². The van der Waals surface area contributed by atoms with Gasteiger partial charge in [-0.25, -0.2) is 4.39 Å². The minimum atomic E-state index is -0.579. The van der Waals surface area contributed by atoms with Crippen molar-refractivity contribution in [2.24, 2.45) is 5.73 Å². The van der Waals surface area contributed by atoms with Gasteiger partial charge >= 0.3 is 0 Å². The molecular formula is C14H16ClFN2O3. The van der Waals surface area contributed by atoms with Crippen LogP contribution < -0.4 is 15.8 Å². The molecule has 0 spiro atoms. The van der Waals surface area contributed by atoms with E-state index in [0.717, 1.165) is 18.9 Å². The Morgan fingerprint density at radius 3 is 2.90 bits per heavy atom. The van der Waals surface area contributed by atoms with Crippen molar-refractivity contribution < 1.29 is 18.7 Å². The normalized spacial score (nSPS) is 30.4. The van der Waals surface area contributed by atoms with Crippen LogP contribution in [0.25, 0.3) is 0 Å². The van der Waals surface area contributed by atoms with E-state index in [9.17, 15) is 9.18 Å². The van der Waals surface area contributed by atoms with E-state index in [1.165, 1.54) is 12.1 Å². The van der Waals surface area contributed by atoms with Gasteiger partial charge in [-0.1, -0.05) is 11.6 Å². The molecule has 7 heteroatoms. The number of carbonyl (C=O) groups is 1. The molecule has 2 aliphatic rings. The van der Waals surface area contributed by atoms with Crippen molar-refractivity contribution in [3.05, 3.63) is 29.0 Å². The lowest BCUT2D eigenvalue weighted by atomic mass is 9.92. The van der Waals surface area contributed by atoms with Gasteiger partial charge in [0.25, 0.3) is 5.91 Å². The quantitative estimate of drug-likeness (QED) is 0.877. The minimum absolute atomic E-state index is 0.0121. The van der Waals surface area contributed by atoms with E-state index < -0.39 is 5.82 Å². The zero-order valence-corrected chi connectivity index (χ0v) is 12.0. The molecule has 2 aliphatic heterocycles. The maximum absolute atomic E-state index is 13.2. The van der Waals surface area contributed by atoms with Gasteiger partial charge < -0.3 is 20.5 Å². The van der Waals surface area contributed by atoms with Crippen LogP contribution in [0, 0.1) is 5.82 Å². The average molecular weight is 315 g/mol. The van der Waals surface area contributed by atoms with E-state index >= 15 is 0 Å². The molecule has 1 amide bonds. The second-order valence-electron chi connectivity index (χ2n) is 5.39. The second-order valence-corrected chi connectivity index (χ2v) is 5.79. The molecule has 2 bridgehead atoms. The summed E-state index contributed by atoms with van der Waals surface area (Å²) in [7, 11) is 0. The monoisotopic (exact) mass is 314 g/mol. The Bertz CT molecular complexity index is 555. The van der Waals surface area contributed by atoms with Crippen LogP contribution in [0.2, 0.25) is 5.02 Å². The first-order valence-corrected chi connectivity index (χ1v) is 7.19. The predicted octanol–water partition coefficient (Wildman–Crippen LogP) is 1.23. The standard InChI is InChI=1S/C14H16ClFN2O3/c15-8-2-1-7(3-9(8)16)20-6-14(19)18-11-5-12-10(17)4-13(11)21-12/h1-3,10-13H,4-6,17H2,(H,18,19)/t10-,11-,12+,13+/m0/s1. The molecule has 5 nitrogen and oxygen atoms in total. The number of amides is 1. The summed E-state index contributed by atoms with van der Waals surface area (Å²) in [6, 6.07) is 4.09. The number of rotatable bonds is 4. The fourth-order valence-electron chi connectivity index (χ4n) is 2.81. The molecule has 3 rings (SSSR count). The van der Waals surface area contributed by atoms with E-state index in [1.807, 2.05) is 0 Å². The summed E-state index contributed by atoms with van der Waals surface area (Å²) >= 11 is 5.57. The highest BCUT2D eigenvalue weighted by Crippen LogP contribution is 2.33. The lowest BCUT2D eigenvalue weighted by molar-refractivity contribution is -0.124. The topological polar surface area (TPSA) is 73.6 Å². The van der Waals surface area contributed by atoms with Crippen molar-refractivity contribution in [3.8, 4) is 5.75 Å². The van der Waals surface area contributed by atoms with Crippen molar-refractivity contribution in [2.45, 2.75) is 37.1 Å². The van der Waals surface area contributed by atoms with Crippen LogP contribution in [0.1, 0.15) is 12.8 Å². The number of carbonyl (C=O) groups excluding carboxylic acids is 1. The number of fused-ring (bicyclic) bond motifs is 2. The van der Waals surface area contributed by atoms with Gasteiger partial charge in [-0.05, 0) is 25.0 Å². The van der Waals surface area contributed by atoms with E-state index in [1.54, 1.807) is 0 Å². The van der Waals surface area contributed by atoms with E-state index in [-0.39, 0.29) is 47.6 Å². The van der Waals surface area contributed by atoms with E-state index in [4.69, 9.17) is 26.8 Å². The molecule has 21 heavy (non-hydrogen) atoms. The van der Waals surface area contributed by atoms with Crippen LogP contribution in [-0.2, 0) is 9.53 Å². The fourth-order valence-corrected chi connectivity index (χ4v) is 2.93. The molecule has 2 heterocycles. The van der Waals surface area contributed by atoms with Crippen LogP contribution in [0.4, 0.5) is 4.39 Å². The van der Waals surface area contributed by atoms with Crippen molar-refractivity contribution in [2.75, 3.05) is 6.61 Å². The molecule has 0 aromatic heterocycles. The molecule has 1 aromatic rings. The molecule has 0 unspecified atom stereocenters. The molecular weight excluding hydrogens is 299 g/mol. The number of hydrogen-bond donors (Lipinski definition) is 2. The maximum Gasteiger partial charge on any atom is 0.258 e. The largest absolute Gasteiger partial charge is 0.484 e. The van der Waals surface area contributed by atoms with Gasteiger partial charge in [0.2, 0.25) is 0 Å². The number of nitrogens with one attached hydrogen (secondary N) is 1. The van der Waals surface area contributed by atoms with Gasteiger partial charge in [0.15, 0.2) is 6.61 Å². The Morgan fingerprint density at radius 2 is 2.29 bits per heavy atom. The predicted molar refractivity (Wildman–Crippen MR) is 74.7 cm³/mol. The van der Waals surface area contributed by atoms with Crippen molar-refractivity contribution in [1.82, 2.24) is 5.32 Å². The summed E-state index contributed by atoms with van der Waals surface area (Å²) in [5.74, 6) is -0.580. The number of hydrogen-bond acceptors (Lipinski definition) is 4. The Balaban J connectivity index is 1.48. The van der Waals surface area contributed by atoms with Crippen molar-refractivity contribution in [1.29, 1.82) is 0 Å². The number of ether oxygens (including phenoxy) is 2. The van der Waals surface area contributed by atoms with Crippen LogP contribution in [0.15, 0.2) is 18.2 Å². The van der Waals surface area contributed by atoms with Gasteiger partial charge in [-0.2, -0.15) is 0 Å². The molecule has 0 radical (unpaired) electrons. The maximum atomic E-state index is 13.2. The lowest BCUT2D eigenvalue weighted by Gasteiger charge is -2.23. The molecule has 0 aliphatic carbocycles. The first-order valence-electron chi connectivity index (χ1n) is 6.81. The van der Waals surface area contributed by atoms with Gasteiger partial charge in [0.05, 0.1) is 23.3 Å². The smallest absolute Gasteiger partial charge is 0.258 e. The Kier molecular flexibility index (Phi) is 4.01. The first kappa shape index (κ1) is 14.6. The Hall–Kier alpha value is -1.37. The minimum Gasteiger partial charge on any atom is -0.484 e. The average Bonchev–Trinajstić information content (AvgIpc) is 2.99. The van der Waals surface area contributed by atoms with Crippen molar-refractivity contribution >= 4 is 17.5 Å². The summed E-state index contributed by atoms with van der Waals surface area (Å²) in [6.07, 6.45) is 1.51. The highest BCUT2D eigenvalue weighted by Gasteiger charge is 2.46.